The molecule has 104 valence electrons. The molecule has 0 fully saturated rings. The second kappa shape index (κ2) is 19.0. The molecule has 0 bridgehead atoms. The zero-order valence-electron chi connectivity index (χ0n) is 10.5. The topological polar surface area (TPSA) is 79.9 Å². The van der Waals surface area contributed by atoms with Gasteiger partial charge in [0.2, 0.25) is 0 Å². The molecule has 18 heavy (non-hydrogen) atoms. The second-order valence-electron chi connectivity index (χ2n) is 3.97. The van der Waals surface area contributed by atoms with E-state index in [1.807, 2.05) is 50.0 Å². The van der Waals surface area contributed by atoms with Crippen LogP contribution in [0.1, 0.15) is 0 Å². The Labute approximate surface area is 123 Å². The summed E-state index contributed by atoms with van der Waals surface area (Å²) in [6.45, 7) is 15.1. The first-order chi connectivity index (χ1) is 7.92. The van der Waals surface area contributed by atoms with Gasteiger partial charge in [-0.05, 0) is 0 Å². The van der Waals surface area contributed by atoms with Crippen molar-refractivity contribution in [3.8, 4) is 0 Å². The summed E-state index contributed by atoms with van der Waals surface area (Å²) in [5.74, 6) is 0. The summed E-state index contributed by atoms with van der Waals surface area (Å²) in [5, 5.41) is 0.382. The summed E-state index contributed by atoms with van der Waals surface area (Å²) >= 11 is -1.82. The summed E-state index contributed by atoms with van der Waals surface area (Å²) < 4.78 is 35.1. The molecule has 0 N–H and O–H groups in total. The van der Waals surface area contributed by atoms with E-state index < -0.39 is 19.2 Å². The fraction of sp³-hybridized carbons (Fsp3) is 0.364. The Morgan fingerprint density at radius 1 is 1.17 bits per heavy atom. The monoisotopic (exact) mass is 328 g/mol. The van der Waals surface area contributed by atoms with Crippen molar-refractivity contribution in [2.24, 2.45) is 0 Å². The molecular formula is C11H16FeO4SSi-2. The predicted molar refractivity (Wildman–Crippen MR) is 67.0 cm³/mol. The van der Waals surface area contributed by atoms with Crippen LogP contribution in [0.15, 0.2) is 30.3 Å². The van der Waals surface area contributed by atoms with Crippen molar-refractivity contribution < 1.29 is 35.1 Å². The SMILES string of the molecule is C[Si](C)(C)CS(=O)[O-].[C-]#[O+].[C-]#[O+].[Fe].c1cc[cH-]c1. The Hall–Kier alpha value is -0.324. The molecule has 1 atom stereocenters. The van der Waals surface area contributed by atoms with Crippen LogP contribution >= 0.6 is 0 Å². The van der Waals surface area contributed by atoms with Gasteiger partial charge in [0.15, 0.2) is 0 Å². The molecule has 1 rings (SSSR count). The van der Waals surface area contributed by atoms with Gasteiger partial charge in [0.1, 0.15) is 0 Å². The van der Waals surface area contributed by atoms with Gasteiger partial charge in [0.05, 0.1) is 8.07 Å². The summed E-state index contributed by atoms with van der Waals surface area (Å²) in [6.07, 6.45) is 0. The maximum atomic E-state index is 10.0. The summed E-state index contributed by atoms with van der Waals surface area (Å²) in [6, 6.07) is 10.0. The van der Waals surface area contributed by atoms with E-state index in [9.17, 15) is 8.76 Å². The van der Waals surface area contributed by atoms with Crippen molar-refractivity contribution in [1.29, 1.82) is 0 Å². The van der Waals surface area contributed by atoms with Crippen molar-refractivity contribution in [3.05, 3.63) is 43.6 Å². The molecule has 0 saturated heterocycles. The van der Waals surface area contributed by atoms with Crippen molar-refractivity contribution in [3.63, 3.8) is 0 Å². The van der Waals surface area contributed by atoms with Crippen LogP contribution in [0.25, 0.3) is 0 Å². The Bertz CT molecular complexity index is 281. The van der Waals surface area contributed by atoms with Gasteiger partial charge >= 0.3 is 22.6 Å². The molecule has 1 aromatic carbocycles. The van der Waals surface area contributed by atoms with E-state index in [-0.39, 0.29) is 17.1 Å². The van der Waals surface area contributed by atoms with E-state index in [0.29, 0.717) is 5.38 Å². The van der Waals surface area contributed by atoms with Crippen LogP contribution in [-0.4, -0.2) is 22.2 Å². The first-order valence-corrected chi connectivity index (χ1v) is 9.50. The average Bonchev–Trinajstić information content (AvgIpc) is 2.78. The zero-order valence-corrected chi connectivity index (χ0v) is 13.4. The van der Waals surface area contributed by atoms with E-state index in [4.69, 9.17) is 9.30 Å². The van der Waals surface area contributed by atoms with Gasteiger partial charge in [0, 0.05) is 22.4 Å². The largest absolute Gasteiger partial charge is 0.214 e. The van der Waals surface area contributed by atoms with Crippen LogP contribution in [0.5, 0.6) is 0 Å². The Balaban J connectivity index is -0.0000000847. The first-order valence-electron chi connectivity index (χ1n) is 4.55. The van der Waals surface area contributed by atoms with Crippen LogP contribution < -0.4 is 0 Å². The third-order valence-corrected chi connectivity index (χ3v) is 5.51. The van der Waals surface area contributed by atoms with Crippen LogP contribution in [0, 0.1) is 13.3 Å². The molecular weight excluding hydrogens is 312 g/mol. The average molecular weight is 328 g/mol. The Morgan fingerprint density at radius 3 is 1.56 bits per heavy atom. The van der Waals surface area contributed by atoms with Crippen LogP contribution in [0.3, 0.4) is 0 Å². The number of hydrogen-bond donors (Lipinski definition) is 0. The third-order valence-electron chi connectivity index (χ3n) is 1.11. The third kappa shape index (κ3) is 36.1. The molecule has 4 nitrogen and oxygen atoms in total. The minimum absolute atomic E-state index is 0. The van der Waals surface area contributed by atoms with Crippen molar-refractivity contribution in [1.82, 2.24) is 0 Å². The van der Waals surface area contributed by atoms with Gasteiger partial charge in [-0.25, -0.2) is 12.1 Å². The zero-order chi connectivity index (χ0) is 14.3. The van der Waals surface area contributed by atoms with Crippen LogP contribution in [-0.2, 0) is 37.5 Å². The first kappa shape index (κ1) is 26.3. The molecule has 1 aromatic rings. The minimum atomic E-state index is -1.82. The molecule has 0 aliphatic carbocycles. The Kier molecular flexibility index (Phi) is 27.8. The van der Waals surface area contributed by atoms with Crippen molar-refractivity contribution >= 4 is 19.2 Å². The summed E-state index contributed by atoms with van der Waals surface area (Å²) in [4.78, 5) is 0. The van der Waals surface area contributed by atoms with E-state index >= 15 is 0 Å². The van der Waals surface area contributed by atoms with Gasteiger partial charge in [-0.2, -0.15) is 18.2 Å². The van der Waals surface area contributed by atoms with Gasteiger partial charge in [0.25, 0.3) is 0 Å². The van der Waals surface area contributed by atoms with E-state index in [1.165, 1.54) is 0 Å². The molecule has 0 aliphatic rings. The molecule has 0 heterocycles. The molecule has 0 radical (unpaired) electrons. The maximum Gasteiger partial charge on any atom is 0 e. The molecule has 0 saturated carbocycles. The molecule has 0 aromatic heterocycles. The minimum Gasteiger partial charge on any atom is -0.214 e. The molecule has 1 unspecified atom stereocenters. The van der Waals surface area contributed by atoms with Crippen molar-refractivity contribution in [2.75, 3.05) is 5.38 Å². The molecule has 0 aliphatic heterocycles. The fourth-order valence-electron chi connectivity index (χ4n) is 0.674. The van der Waals surface area contributed by atoms with E-state index in [0.717, 1.165) is 0 Å². The van der Waals surface area contributed by atoms with Gasteiger partial charge in [-0.1, -0.05) is 30.7 Å². The standard InChI is InChI=1S/C5H5.C4H12O2SSi.2CO.Fe/c1-2-4-5-3-1;1-8(2,3)4-7(5)6;2*1-2;/h1-5H;4H2,1-3H3,(H,5,6);;;/q-1;;;;/p-1. The molecule has 0 spiro atoms. The smallest absolute Gasteiger partial charge is 0 e. The van der Waals surface area contributed by atoms with E-state index in [1.54, 1.807) is 0 Å². The van der Waals surface area contributed by atoms with Crippen LogP contribution in [0.4, 0.5) is 0 Å². The fourth-order valence-corrected chi connectivity index (χ4v) is 3.50. The van der Waals surface area contributed by atoms with Crippen LogP contribution in [0.2, 0.25) is 19.6 Å². The predicted octanol–water partition coefficient (Wildman–Crippen LogP) is 2.07. The van der Waals surface area contributed by atoms with Gasteiger partial charge in [-0.15, -0.1) is 0 Å². The van der Waals surface area contributed by atoms with Gasteiger partial charge in [-0.3, -0.25) is 4.21 Å². The number of rotatable bonds is 2. The maximum absolute atomic E-state index is 10.0. The summed E-state index contributed by atoms with van der Waals surface area (Å²) in [5.41, 5.74) is 0. The second-order valence-corrected chi connectivity index (χ2v) is 10.9. The Morgan fingerprint density at radius 2 is 1.50 bits per heavy atom. The molecule has 0 amide bonds. The molecule has 7 heteroatoms. The van der Waals surface area contributed by atoms with E-state index in [2.05, 4.69) is 13.3 Å². The van der Waals surface area contributed by atoms with Gasteiger partial charge < -0.3 is 4.55 Å². The number of hydrogen-bond acceptors (Lipinski definition) is 2. The van der Waals surface area contributed by atoms with Crippen molar-refractivity contribution in [2.45, 2.75) is 19.6 Å². The quantitative estimate of drug-likeness (QED) is 0.360. The summed E-state index contributed by atoms with van der Waals surface area (Å²) in [7, 11) is -1.33. The normalized spacial score (nSPS) is 9.56.